The predicted octanol–water partition coefficient (Wildman–Crippen LogP) is 2.59. The Morgan fingerprint density at radius 2 is 2.28 bits per heavy atom. The summed E-state index contributed by atoms with van der Waals surface area (Å²) in [7, 11) is 0. The molecule has 0 spiro atoms. The van der Waals surface area contributed by atoms with Crippen LogP contribution in [0.5, 0.6) is 0 Å². The molecule has 1 unspecified atom stereocenters. The number of halogens is 2. The molecule has 0 aliphatic carbocycles. The molecule has 18 heavy (non-hydrogen) atoms. The smallest absolute Gasteiger partial charge is 0.173 e. The summed E-state index contributed by atoms with van der Waals surface area (Å²) in [5.41, 5.74) is 0.935. The van der Waals surface area contributed by atoms with Crippen molar-refractivity contribution in [3.05, 3.63) is 32.6 Å². The fraction of sp³-hybridized carbons (Fsp3) is 0.364. The molecule has 1 N–H and O–H groups in total. The molecular weight excluding hydrogens is 365 g/mol. The van der Waals surface area contributed by atoms with E-state index in [0.29, 0.717) is 5.02 Å². The summed E-state index contributed by atoms with van der Waals surface area (Å²) in [6.45, 7) is 4.96. The molecule has 0 amide bonds. The molecule has 1 atom stereocenters. The first-order chi connectivity index (χ1) is 8.63. The second-order valence-electron chi connectivity index (χ2n) is 3.82. The van der Waals surface area contributed by atoms with Crippen molar-refractivity contribution in [1.82, 2.24) is 25.5 Å². The van der Waals surface area contributed by atoms with Crippen LogP contribution in [-0.2, 0) is 0 Å². The van der Waals surface area contributed by atoms with E-state index in [1.54, 1.807) is 4.68 Å². The molecule has 0 saturated carbocycles. The van der Waals surface area contributed by atoms with Crippen LogP contribution in [0.2, 0.25) is 5.02 Å². The van der Waals surface area contributed by atoms with Crippen molar-refractivity contribution in [2.75, 3.05) is 6.54 Å². The van der Waals surface area contributed by atoms with Gasteiger partial charge in [-0.15, -0.1) is 5.10 Å². The largest absolute Gasteiger partial charge is 0.308 e. The van der Waals surface area contributed by atoms with E-state index in [1.807, 2.05) is 25.1 Å². The topological polar surface area (TPSA) is 55.6 Å². The average Bonchev–Trinajstić information content (AvgIpc) is 2.78. The Morgan fingerprint density at radius 3 is 2.94 bits per heavy atom. The van der Waals surface area contributed by atoms with E-state index >= 15 is 0 Å². The van der Waals surface area contributed by atoms with Gasteiger partial charge in [0.2, 0.25) is 0 Å². The maximum atomic E-state index is 5.95. The minimum Gasteiger partial charge on any atom is -0.308 e. The number of hydrogen-bond donors (Lipinski definition) is 1. The van der Waals surface area contributed by atoms with Crippen LogP contribution in [0.3, 0.4) is 0 Å². The zero-order chi connectivity index (χ0) is 13.1. The molecule has 7 heteroatoms. The van der Waals surface area contributed by atoms with Gasteiger partial charge in [0, 0.05) is 8.59 Å². The predicted molar refractivity (Wildman–Crippen MR) is 79.0 cm³/mol. The number of rotatable bonds is 4. The number of benzene rings is 1. The van der Waals surface area contributed by atoms with Crippen LogP contribution in [0.1, 0.15) is 25.7 Å². The van der Waals surface area contributed by atoms with Crippen LogP contribution in [0.25, 0.3) is 5.69 Å². The fourth-order valence-corrected chi connectivity index (χ4v) is 2.79. The van der Waals surface area contributed by atoms with Gasteiger partial charge in [0.05, 0.1) is 11.7 Å². The highest BCUT2D eigenvalue weighted by Crippen LogP contribution is 2.22. The number of nitrogens with zero attached hydrogens (tertiary/aromatic N) is 4. The minimum absolute atomic E-state index is 0.0940. The third kappa shape index (κ3) is 2.81. The van der Waals surface area contributed by atoms with E-state index < -0.39 is 0 Å². The monoisotopic (exact) mass is 377 g/mol. The van der Waals surface area contributed by atoms with Crippen LogP contribution >= 0.6 is 34.2 Å². The Hall–Kier alpha value is -0.730. The van der Waals surface area contributed by atoms with E-state index in [1.165, 1.54) is 0 Å². The van der Waals surface area contributed by atoms with Gasteiger partial charge in [0.1, 0.15) is 0 Å². The van der Waals surface area contributed by atoms with Crippen molar-refractivity contribution >= 4 is 34.2 Å². The van der Waals surface area contributed by atoms with Gasteiger partial charge < -0.3 is 5.32 Å². The lowest BCUT2D eigenvalue weighted by Crippen LogP contribution is -2.21. The first-order valence-corrected chi connectivity index (χ1v) is 7.06. The maximum Gasteiger partial charge on any atom is 0.173 e. The zero-order valence-electron chi connectivity index (χ0n) is 10.1. The fourth-order valence-electron chi connectivity index (χ4n) is 1.69. The Labute approximate surface area is 124 Å². The van der Waals surface area contributed by atoms with Gasteiger partial charge >= 0.3 is 0 Å². The lowest BCUT2D eigenvalue weighted by atomic mass is 10.3. The highest BCUT2D eigenvalue weighted by atomic mass is 127. The van der Waals surface area contributed by atoms with Crippen molar-refractivity contribution in [2.45, 2.75) is 19.9 Å². The molecule has 0 bridgehead atoms. The van der Waals surface area contributed by atoms with E-state index in [-0.39, 0.29) is 6.04 Å². The molecule has 0 fully saturated rings. The van der Waals surface area contributed by atoms with Gasteiger partial charge in [0.25, 0.3) is 0 Å². The summed E-state index contributed by atoms with van der Waals surface area (Å²) in [6.07, 6.45) is 0. The highest BCUT2D eigenvalue weighted by Gasteiger charge is 2.16. The van der Waals surface area contributed by atoms with Crippen LogP contribution in [-0.4, -0.2) is 26.8 Å². The standard InChI is InChI=1S/C11H13ClIN5/c1-3-14-7(2)11-15-16-17-18(11)10-5-4-8(12)6-9(10)13/h4-7,14H,3H2,1-2H3. The van der Waals surface area contributed by atoms with Crippen LogP contribution in [0.4, 0.5) is 0 Å². The van der Waals surface area contributed by atoms with Crippen molar-refractivity contribution < 1.29 is 0 Å². The van der Waals surface area contributed by atoms with Gasteiger partial charge in [-0.3, -0.25) is 0 Å². The third-order valence-electron chi connectivity index (χ3n) is 2.53. The number of nitrogens with one attached hydrogen (secondary N) is 1. The molecule has 5 nitrogen and oxygen atoms in total. The normalized spacial score (nSPS) is 12.7. The van der Waals surface area contributed by atoms with Gasteiger partial charge in [-0.25, -0.2) is 0 Å². The molecule has 0 aliphatic rings. The SMILES string of the molecule is CCNC(C)c1nnnn1-c1ccc(Cl)cc1I. The quantitative estimate of drug-likeness (QED) is 0.832. The third-order valence-corrected chi connectivity index (χ3v) is 3.63. The number of aromatic nitrogens is 4. The van der Waals surface area contributed by atoms with Crippen molar-refractivity contribution in [3.63, 3.8) is 0 Å². The lowest BCUT2D eigenvalue weighted by molar-refractivity contribution is 0.550. The second-order valence-corrected chi connectivity index (χ2v) is 5.42. The van der Waals surface area contributed by atoms with Crippen LogP contribution in [0.15, 0.2) is 18.2 Å². The van der Waals surface area contributed by atoms with Crippen LogP contribution in [0, 0.1) is 3.57 Å². The molecule has 0 aliphatic heterocycles. The molecule has 0 radical (unpaired) electrons. The second kappa shape index (κ2) is 5.94. The molecule has 96 valence electrons. The van der Waals surface area contributed by atoms with E-state index in [4.69, 9.17) is 11.6 Å². The summed E-state index contributed by atoms with van der Waals surface area (Å²) in [5.74, 6) is 0.789. The molecule has 2 rings (SSSR count). The summed E-state index contributed by atoms with van der Waals surface area (Å²) in [4.78, 5) is 0. The Bertz CT molecular complexity index is 542. The first kappa shape index (κ1) is 13.7. The average molecular weight is 378 g/mol. The van der Waals surface area contributed by atoms with Gasteiger partial charge in [-0.2, -0.15) is 4.68 Å². The Morgan fingerprint density at radius 1 is 1.50 bits per heavy atom. The van der Waals surface area contributed by atoms with E-state index in [9.17, 15) is 0 Å². The van der Waals surface area contributed by atoms with Gasteiger partial charge in [0.15, 0.2) is 5.82 Å². The summed E-state index contributed by atoms with van der Waals surface area (Å²) in [6, 6.07) is 5.74. The van der Waals surface area contributed by atoms with Gasteiger partial charge in [-0.1, -0.05) is 18.5 Å². The van der Waals surface area contributed by atoms with Crippen molar-refractivity contribution in [1.29, 1.82) is 0 Å². The highest BCUT2D eigenvalue weighted by molar-refractivity contribution is 14.1. The summed E-state index contributed by atoms with van der Waals surface area (Å²) in [5, 5.41) is 15.9. The van der Waals surface area contributed by atoms with Crippen molar-refractivity contribution in [2.24, 2.45) is 0 Å². The molecular formula is C11H13ClIN5. The number of hydrogen-bond acceptors (Lipinski definition) is 4. The Kier molecular flexibility index (Phi) is 4.52. The molecule has 1 heterocycles. The van der Waals surface area contributed by atoms with Crippen LogP contribution < -0.4 is 5.32 Å². The minimum atomic E-state index is 0.0940. The molecule has 1 aromatic carbocycles. The van der Waals surface area contributed by atoms with Crippen molar-refractivity contribution in [3.8, 4) is 5.69 Å². The molecule has 1 aromatic heterocycles. The Balaban J connectivity index is 2.42. The summed E-state index contributed by atoms with van der Waals surface area (Å²) >= 11 is 8.18. The maximum absolute atomic E-state index is 5.95. The van der Waals surface area contributed by atoms with E-state index in [0.717, 1.165) is 21.6 Å². The van der Waals surface area contributed by atoms with E-state index in [2.05, 4.69) is 50.4 Å². The lowest BCUT2D eigenvalue weighted by Gasteiger charge is -2.13. The molecule has 2 aromatic rings. The number of tetrazole rings is 1. The van der Waals surface area contributed by atoms with Gasteiger partial charge in [-0.05, 0) is 64.7 Å². The summed E-state index contributed by atoms with van der Waals surface area (Å²) < 4.78 is 2.75. The molecule has 0 saturated heterocycles. The zero-order valence-corrected chi connectivity index (χ0v) is 13.0. The first-order valence-electron chi connectivity index (χ1n) is 5.60.